The molecule has 2 aromatic rings. The van der Waals surface area contributed by atoms with Gasteiger partial charge in [0.25, 0.3) is 0 Å². The standard InChI is InChI=1S/C22H27ClN4O4S/c1-16-6-7-18(14-20(16)32(29,30)27-10-12-31-13-11-27)25-22(28)17-4-3-9-26(15-17)21-19(23)5-2-8-24-21/h2,5-8,14,17H,3-4,9-13,15H2,1H3,(H,25,28)/t17-/m1/s1. The van der Waals surface area contributed by atoms with Crippen LogP contribution in [-0.4, -0.2) is 63.0 Å². The highest BCUT2D eigenvalue weighted by atomic mass is 35.5. The van der Waals surface area contributed by atoms with Gasteiger partial charge in [-0.15, -0.1) is 0 Å². The maximum absolute atomic E-state index is 13.1. The Morgan fingerprint density at radius 2 is 2.00 bits per heavy atom. The Labute approximate surface area is 193 Å². The number of aryl methyl sites for hydroxylation is 1. The predicted molar refractivity (Wildman–Crippen MR) is 124 cm³/mol. The zero-order chi connectivity index (χ0) is 22.7. The molecule has 2 aliphatic rings. The van der Waals surface area contributed by atoms with Crippen molar-refractivity contribution in [3.8, 4) is 0 Å². The van der Waals surface area contributed by atoms with E-state index in [4.69, 9.17) is 16.3 Å². The first-order valence-electron chi connectivity index (χ1n) is 10.7. The summed E-state index contributed by atoms with van der Waals surface area (Å²) >= 11 is 6.28. The number of hydrogen-bond donors (Lipinski definition) is 1. The van der Waals surface area contributed by atoms with Gasteiger partial charge >= 0.3 is 0 Å². The Bertz CT molecular complexity index is 1090. The Morgan fingerprint density at radius 3 is 2.75 bits per heavy atom. The fraction of sp³-hybridized carbons (Fsp3) is 0.455. The maximum atomic E-state index is 13.1. The van der Waals surface area contributed by atoms with Gasteiger partial charge in [0.2, 0.25) is 15.9 Å². The van der Waals surface area contributed by atoms with E-state index in [2.05, 4.69) is 10.3 Å². The van der Waals surface area contributed by atoms with Gasteiger partial charge < -0.3 is 15.0 Å². The van der Waals surface area contributed by atoms with Crippen LogP contribution in [0.3, 0.4) is 0 Å². The van der Waals surface area contributed by atoms with E-state index in [1.807, 2.05) is 4.90 Å². The molecule has 0 bridgehead atoms. The summed E-state index contributed by atoms with van der Waals surface area (Å²) in [6.45, 7) is 4.47. The number of rotatable bonds is 5. The lowest BCUT2D eigenvalue weighted by Crippen LogP contribution is -2.41. The van der Waals surface area contributed by atoms with Crippen molar-refractivity contribution in [1.82, 2.24) is 9.29 Å². The van der Waals surface area contributed by atoms with E-state index in [1.165, 1.54) is 4.31 Å². The maximum Gasteiger partial charge on any atom is 0.243 e. The summed E-state index contributed by atoms with van der Waals surface area (Å²) in [5.41, 5.74) is 1.11. The van der Waals surface area contributed by atoms with E-state index < -0.39 is 10.0 Å². The van der Waals surface area contributed by atoms with Crippen LogP contribution in [0.4, 0.5) is 11.5 Å². The highest BCUT2D eigenvalue weighted by Crippen LogP contribution is 2.29. The third-order valence-corrected chi connectivity index (χ3v) is 8.21. The van der Waals surface area contributed by atoms with Crippen molar-refractivity contribution in [2.45, 2.75) is 24.7 Å². The van der Waals surface area contributed by atoms with E-state index in [1.54, 1.807) is 43.5 Å². The Balaban J connectivity index is 1.49. The van der Waals surface area contributed by atoms with Crippen molar-refractivity contribution in [3.05, 3.63) is 47.1 Å². The van der Waals surface area contributed by atoms with Gasteiger partial charge in [0.05, 0.1) is 29.0 Å². The zero-order valence-corrected chi connectivity index (χ0v) is 19.5. The summed E-state index contributed by atoms with van der Waals surface area (Å²) < 4.78 is 32.9. The van der Waals surface area contributed by atoms with Crippen molar-refractivity contribution in [2.24, 2.45) is 5.92 Å². The highest BCUT2D eigenvalue weighted by Gasteiger charge is 2.30. The molecule has 2 aliphatic heterocycles. The molecule has 2 fully saturated rings. The smallest absolute Gasteiger partial charge is 0.243 e. The fourth-order valence-corrected chi connectivity index (χ4v) is 6.02. The number of piperidine rings is 1. The number of carbonyl (C=O) groups excluding carboxylic acids is 1. The van der Waals surface area contributed by atoms with Crippen LogP contribution in [0.25, 0.3) is 0 Å². The molecule has 4 rings (SSSR count). The number of carbonyl (C=O) groups is 1. The van der Waals surface area contributed by atoms with Gasteiger partial charge in [0.1, 0.15) is 5.82 Å². The highest BCUT2D eigenvalue weighted by molar-refractivity contribution is 7.89. The molecule has 0 aliphatic carbocycles. The number of sulfonamides is 1. The quantitative estimate of drug-likeness (QED) is 0.710. The number of pyridine rings is 1. The molecule has 0 radical (unpaired) electrons. The number of aromatic nitrogens is 1. The van der Waals surface area contributed by atoms with Gasteiger partial charge in [-0.05, 0) is 49.6 Å². The van der Waals surface area contributed by atoms with E-state index in [9.17, 15) is 13.2 Å². The minimum atomic E-state index is -3.65. The molecule has 8 nitrogen and oxygen atoms in total. The van der Waals surface area contributed by atoms with Crippen molar-refractivity contribution >= 4 is 39.0 Å². The normalized spacial score (nSPS) is 20.2. The molecule has 3 heterocycles. The molecule has 1 amide bonds. The molecular formula is C22H27ClN4O4S. The second kappa shape index (κ2) is 9.74. The number of hydrogen-bond acceptors (Lipinski definition) is 6. The third-order valence-electron chi connectivity index (χ3n) is 5.87. The molecular weight excluding hydrogens is 452 g/mol. The van der Waals surface area contributed by atoms with Gasteiger partial charge in [-0.1, -0.05) is 17.7 Å². The molecule has 0 saturated carbocycles. The number of nitrogens with zero attached hydrogens (tertiary/aromatic N) is 3. The number of ether oxygens (including phenoxy) is 1. The predicted octanol–water partition coefficient (Wildman–Crippen LogP) is 2.92. The minimum absolute atomic E-state index is 0.139. The second-order valence-electron chi connectivity index (χ2n) is 8.08. The number of anilines is 2. The van der Waals surface area contributed by atoms with E-state index in [0.717, 1.165) is 19.4 Å². The SMILES string of the molecule is Cc1ccc(NC(=O)[C@@H]2CCCN(c3ncccc3Cl)C2)cc1S(=O)(=O)N1CCOCC1. The van der Waals surface area contributed by atoms with Gasteiger partial charge in [0.15, 0.2) is 0 Å². The van der Waals surface area contributed by atoms with Gasteiger partial charge in [-0.25, -0.2) is 13.4 Å². The summed E-state index contributed by atoms with van der Waals surface area (Å²) in [5.74, 6) is 0.295. The van der Waals surface area contributed by atoms with E-state index >= 15 is 0 Å². The van der Waals surface area contributed by atoms with Crippen LogP contribution in [0, 0.1) is 12.8 Å². The van der Waals surface area contributed by atoms with E-state index in [0.29, 0.717) is 54.9 Å². The summed E-state index contributed by atoms with van der Waals surface area (Å²) in [7, 11) is -3.65. The molecule has 1 aromatic carbocycles. The van der Waals surface area contributed by atoms with Crippen molar-refractivity contribution in [2.75, 3.05) is 49.6 Å². The molecule has 172 valence electrons. The minimum Gasteiger partial charge on any atom is -0.379 e. The number of morpholine rings is 1. The van der Waals surface area contributed by atoms with Crippen LogP contribution in [0.5, 0.6) is 0 Å². The van der Waals surface area contributed by atoms with Gasteiger partial charge in [-0.2, -0.15) is 4.31 Å². The average Bonchev–Trinajstić information content (AvgIpc) is 2.81. The molecule has 32 heavy (non-hydrogen) atoms. The van der Waals surface area contributed by atoms with Crippen LogP contribution < -0.4 is 10.2 Å². The molecule has 0 spiro atoms. The van der Waals surface area contributed by atoms with Gasteiger partial charge in [0, 0.05) is 38.1 Å². The first-order valence-corrected chi connectivity index (χ1v) is 12.5. The first-order chi connectivity index (χ1) is 15.4. The lowest BCUT2D eigenvalue weighted by molar-refractivity contribution is -0.120. The number of halogens is 1. The average molecular weight is 479 g/mol. The number of benzene rings is 1. The van der Waals surface area contributed by atoms with Crippen LogP contribution in [0.2, 0.25) is 5.02 Å². The zero-order valence-electron chi connectivity index (χ0n) is 18.0. The molecule has 1 N–H and O–H groups in total. The summed E-state index contributed by atoms with van der Waals surface area (Å²) in [6.07, 6.45) is 3.28. The van der Waals surface area contributed by atoms with Crippen molar-refractivity contribution in [3.63, 3.8) is 0 Å². The summed E-state index contributed by atoms with van der Waals surface area (Å²) in [5, 5.41) is 3.47. The lowest BCUT2D eigenvalue weighted by atomic mass is 9.97. The molecule has 2 saturated heterocycles. The first kappa shape index (κ1) is 23.0. The second-order valence-corrected chi connectivity index (χ2v) is 10.4. The van der Waals surface area contributed by atoms with Crippen molar-refractivity contribution in [1.29, 1.82) is 0 Å². The van der Waals surface area contributed by atoms with E-state index in [-0.39, 0.29) is 16.7 Å². The molecule has 1 atom stereocenters. The largest absolute Gasteiger partial charge is 0.379 e. The van der Waals surface area contributed by atoms with Crippen LogP contribution in [-0.2, 0) is 19.6 Å². The molecule has 1 aromatic heterocycles. The van der Waals surface area contributed by atoms with Crippen LogP contribution in [0.15, 0.2) is 41.4 Å². The number of nitrogens with one attached hydrogen (secondary N) is 1. The van der Waals surface area contributed by atoms with Crippen LogP contribution in [0.1, 0.15) is 18.4 Å². The topological polar surface area (TPSA) is 91.8 Å². The monoisotopic (exact) mass is 478 g/mol. The Morgan fingerprint density at radius 1 is 1.22 bits per heavy atom. The summed E-state index contributed by atoms with van der Waals surface area (Å²) in [6, 6.07) is 8.58. The third kappa shape index (κ3) is 4.91. The van der Waals surface area contributed by atoms with Crippen molar-refractivity contribution < 1.29 is 17.9 Å². The number of amides is 1. The Hall–Kier alpha value is -2.20. The van der Waals surface area contributed by atoms with Crippen LogP contribution >= 0.6 is 11.6 Å². The molecule has 10 heteroatoms. The fourth-order valence-electron chi connectivity index (χ4n) is 4.12. The summed E-state index contributed by atoms with van der Waals surface area (Å²) in [4.78, 5) is 19.6. The Kier molecular flexibility index (Phi) is 6.99. The lowest BCUT2D eigenvalue weighted by Gasteiger charge is -2.33. The van der Waals surface area contributed by atoms with Gasteiger partial charge in [-0.3, -0.25) is 4.79 Å². The molecule has 0 unspecified atom stereocenters.